The van der Waals surface area contributed by atoms with Crippen LogP contribution in [0.25, 0.3) is 22.8 Å². The van der Waals surface area contributed by atoms with E-state index < -0.39 is 5.91 Å². The molecular formula is C32H27N3O6. The summed E-state index contributed by atoms with van der Waals surface area (Å²) in [5, 5.41) is 5.73. The predicted octanol–water partition coefficient (Wildman–Crippen LogP) is 6.54. The van der Waals surface area contributed by atoms with Gasteiger partial charge < -0.3 is 29.3 Å². The van der Waals surface area contributed by atoms with Gasteiger partial charge in [0, 0.05) is 28.4 Å². The number of nitrogens with one attached hydrogen (secondary N) is 2. The lowest BCUT2D eigenvalue weighted by atomic mass is 10.1. The van der Waals surface area contributed by atoms with Crippen molar-refractivity contribution in [2.75, 3.05) is 32.0 Å². The van der Waals surface area contributed by atoms with E-state index in [1.54, 1.807) is 73.8 Å². The smallest absolute Gasteiger partial charge is 0.278 e. The summed E-state index contributed by atoms with van der Waals surface area (Å²) in [6, 6.07) is 28.2. The number of anilines is 2. The van der Waals surface area contributed by atoms with Crippen molar-refractivity contribution in [3.8, 4) is 40.0 Å². The van der Waals surface area contributed by atoms with Gasteiger partial charge in [-0.2, -0.15) is 0 Å². The quantitative estimate of drug-likeness (QED) is 0.215. The van der Waals surface area contributed by atoms with Gasteiger partial charge in [0.05, 0.1) is 27.0 Å². The van der Waals surface area contributed by atoms with Crippen LogP contribution in [0.4, 0.5) is 11.4 Å². The Bertz CT molecular complexity index is 1680. The number of aromatic nitrogens is 1. The van der Waals surface area contributed by atoms with Crippen molar-refractivity contribution in [1.82, 2.24) is 4.98 Å². The van der Waals surface area contributed by atoms with Crippen LogP contribution in [0.3, 0.4) is 0 Å². The molecule has 1 aromatic heterocycles. The molecule has 0 radical (unpaired) electrons. The molecule has 0 aliphatic rings. The lowest BCUT2D eigenvalue weighted by molar-refractivity contribution is 0.101. The van der Waals surface area contributed by atoms with E-state index in [1.165, 1.54) is 14.2 Å². The largest absolute Gasteiger partial charge is 0.497 e. The molecule has 0 aliphatic heterocycles. The number of amides is 2. The fourth-order valence-corrected chi connectivity index (χ4v) is 4.14. The second-order valence-corrected chi connectivity index (χ2v) is 8.85. The van der Waals surface area contributed by atoms with Crippen molar-refractivity contribution in [2.45, 2.75) is 0 Å². The first-order valence-electron chi connectivity index (χ1n) is 12.6. The van der Waals surface area contributed by atoms with Crippen LogP contribution < -0.4 is 24.8 Å². The Hall–Kier alpha value is -5.57. The first-order chi connectivity index (χ1) is 20.0. The first-order valence-corrected chi connectivity index (χ1v) is 12.6. The summed E-state index contributed by atoms with van der Waals surface area (Å²) < 4.78 is 22.0. The van der Waals surface area contributed by atoms with Crippen molar-refractivity contribution in [1.29, 1.82) is 0 Å². The summed E-state index contributed by atoms with van der Waals surface area (Å²) in [6.45, 7) is 0. The number of ether oxygens (including phenoxy) is 3. The molecule has 206 valence electrons. The molecule has 5 rings (SSSR count). The van der Waals surface area contributed by atoms with Crippen LogP contribution in [0.15, 0.2) is 101 Å². The molecule has 5 aromatic rings. The summed E-state index contributed by atoms with van der Waals surface area (Å²) in [6.07, 6.45) is 0. The Labute approximate surface area is 236 Å². The maximum absolute atomic E-state index is 13.5. The second-order valence-electron chi connectivity index (χ2n) is 8.85. The molecule has 41 heavy (non-hydrogen) atoms. The Morgan fingerprint density at radius 3 is 2.12 bits per heavy atom. The van der Waals surface area contributed by atoms with Gasteiger partial charge in [0.15, 0.2) is 11.5 Å². The zero-order valence-corrected chi connectivity index (χ0v) is 22.6. The normalized spacial score (nSPS) is 10.5. The number of nitrogens with zero attached hydrogens (tertiary/aromatic N) is 1. The van der Waals surface area contributed by atoms with Crippen molar-refractivity contribution >= 4 is 23.2 Å². The molecule has 9 nitrogen and oxygen atoms in total. The highest BCUT2D eigenvalue weighted by atomic mass is 16.5. The number of carbonyl (C=O) groups excluding carboxylic acids is 2. The van der Waals surface area contributed by atoms with Gasteiger partial charge in [0.25, 0.3) is 11.8 Å². The van der Waals surface area contributed by atoms with Crippen LogP contribution in [-0.2, 0) is 0 Å². The van der Waals surface area contributed by atoms with E-state index in [9.17, 15) is 9.59 Å². The number of hydrogen-bond donors (Lipinski definition) is 2. The molecular weight excluding hydrogens is 522 g/mol. The number of benzene rings is 4. The molecule has 0 atom stereocenters. The third-order valence-electron chi connectivity index (χ3n) is 6.25. The minimum absolute atomic E-state index is 0.0851. The van der Waals surface area contributed by atoms with Gasteiger partial charge in [0.1, 0.15) is 17.2 Å². The number of carbonyl (C=O) groups is 2. The summed E-state index contributed by atoms with van der Waals surface area (Å²) in [7, 11) is 4.60. The number of rotatable bonds is 9. The Kier molecular flexibility index (Phi) is 7.96. The maximum Gasteiger partial charge on any atom is 0.278 e. The minimum Gasteiger partial charge on any atom is -0.497 e. The van der Waals surface area contributed by atoms with Crippen LogP contribution in [0.1, 0.15) is 20.8 Å². The Morgan fingerprint density at radius 2 is 1.41 bits per heavy atom. The summed E-state index contributed by atoms with van der Waals surface area (Å²) in [4.78, 5) is 30.8. The van der Waals surface area contributed by atoms with E-state index in [0.29, 0.717) is 51.2 Å². The SMILES string of the molecule is COc1cccc(C(=O)Nc2ccc(-c3oc(-c4ccccc4)nc3C(=O)Nc3cc(OC)ccc3OC)cc2)c1. The van der Waals surface area contributed by atoms with Crippen LogP contribution in [0.2, 0.25) is 0 Å². The van der Waals surface area contributed by atoms with Crippen molar-refractivity contribution < 1.29 is 28.2 Å². The lowest BCUT2D eigenvalue weighted by Crippen LogP contribution is -2.14. The van der Waals surface area contributed by atoms with Crippen molar-refractivity contribution in [2.24, 2.45) is 0 Å². The Balaban J connectivity index is 1.45. The van der Waals surface area contributed by atoms with Crippen molar-refractivity contribution in [3.63, 3.8) is 0 Å². The second kappa shape index (κ2) is 12.1. The third-order valence-corrected chi connectivity index (χ3v) is 6.25. The highest BCUT2D eigenvalue weighted by Gasteiger charge is 2.24. The fourth-order valence-electron chi connectivity index (χ4n) is 4.14. The van der Waals surface area contributed by atoms with Crippen LogP contribution in [0, 0.1) is 0 Å². The molecule has 0 unspecified atom stereocenters. The molecule has 2 amide bonds. The molecule has 0 aliphatic carbocycles. The third kappa shape index (κ3) is 6.04. The summed E-state index contributed by atoms with van der Waals surface area (Å²) in [5.74, 6) is 1.39. The topological polar surface area (TPSA) is 112 Å². The summed E-state index contributed by atoms with van der Waals surface area (Å²) in [5.41, 5.74) is 2.85. The van der Waals surface area contributed by atoms with Crippen LogP contribution in [-0.4, -0.2) is 38.1 Å². The molecule has 0 saturated carbocycles. The van der Waals surface area contributed by atoms with E-state index in [0.717, 1.165) is 0 Å². The monoisotopic (exact) mass is 549 g/mol. The summed E-state index contributed by atoms with van der Waals surface area (Å²) >= 11 is 0. The first kappa shape index (κ1) is 27.0. The molecule has 1 heterocycles. The van der Waals surface area contributed by atoms with Crippen LogP contribution in [0.5, 0.6) is 17.2 Å². The predicted molar refractivity (Wildman–Crippen MR) is 156 cm³/mol. The molecule has 0 saturated heterocycles. The van der Waals surface area contributed by atoms with E-state index in [1.807, 2.05) is 30.3 Å². The highest BCUT2D eigenvalue weighted by Crippen LogP contribution is 2.33. The van der Waals surface area contributed by atoms with Gasteiger partial charge >= 0.3 is 0 Å². The average Bonchev–Trinajstić information content (AvgIpc) is 3.47. The average molecular weight is 550 g/mol. The fraction of sp³-hybridized carbons (Fsp3) is 0.0938. The standard InChI is InChI=1S/C32H27N3O6/c1-38-24-11-7-10-22(18-24)30(36)33-23-14-12-20(13-15-23)29-28(35-32(41-29)21-8-5-4-6-9-21)31(37)34-26-19-25(39-2)16-17-27(26)40-3/h4-19H,1-3H3,(H,33,36)(H,34,37). The van der Waals surface area contributed by atoms with Crippen LogP contribution >= 0.6 is 0 Å². The van der Waals surface area contributed by atoms with Gasteiger partial charge in [-0.3, -0.25) is 9.59 Å². The number of hydrogen-bond acceptors (Lipinski definition) is 7. The molecule has 0 spiro atoms. The zero-order chi connectivity index (χ0) is 28.8. The van der Waals surface area contributed by atoms with Gasteiger partial charge in [-0.05, 0) is 66.7 Å². The maximum atomic E-state index is 13.5. The van der Waals surface area contributed by atoms with Gasteiger partial charge in [0.2, 0.25) is 5.89 Å². The minimum atomic E-state index is -0.493. The van der Waals surface area contributed by atoms with Gasteiger partial charge in [-0.25, -0.2) is 4.98 Å². The van der Waals surface area contributed by atoms with E-state index in [2.05, 4.69) is 15.6 Å². The Morgan fingerprint density at radius 1 is 0.683 bits per heavy atom. The molecule has 9 heteroatoms. The molecule has 0 bridgehead atoms. The van der Waals surface area contributed by atoms with E-state index in [-0.39, 0.29) is 17.4 Å². The number of oxazole rings is 1. The molecule has 2 N–H and O–H groups in total. The zero-order valence-electron chi connectivity index (χ0n) is 22.6. The van der Waals surface area contributed by atoms with E-state index in [4.69, 9.17) is 18.6 Å². The van der Waals surface area contributed by atoms with E-state index >= 15 is 0 Å². The molecule has 0 fully saturated rings. The lowest BCUT2D eigenvalue weighted by Gasteiger charge is -2.11. The molecule has 4 aromatic carbocycles. The van der Waals surface area contributed by atoms with Crippen molar-refractivity contribution in [3.05, 3.63) is 108 Å². The van der Waals surface area contributed by atoms with Gasteiger partial charge in [-0.15, -0.1) is 0 Å². The number of methoxy groups -OCH3 is 3. The van der Waals surface area contributed by atoms with Gasteiger partial charge in [-0.1, -0.05) is 24.3 Å². The highest BCUT2D eigenvalue weighted by molar-refractivity contribution is 6.08.